The highest BCUT2D eigenvalue weighted by Crippen LogP contribution is 2.23. The zero-order valence-corrected chi connectivity index (χ0v) is 10.3. The Kier molecular flexibility index (Phi) is 3.89. The molecule has 15 heavy (non-hydrogen) atoms. The van der Waals surface area contributed by atoms with Crippen LogP contribution in [0.1, 0.15) is 44.9 Å². The van der Waals surface area contributed by atoms with E-state index in [9.17, 15) is 0 Å². The normalized spacial score (nSPS) is 13.9. The van der Waals surface area contributed by atoms with Crippen LogP contribution in [0.5, 0.6) is 0 Å². The predicted molar refractivity (Wildman–Crippen MR) is 63.7 cm³/mol. The fraction of sp³-hybridized carbons (Fsp3) is 0.538. The van der Waals surface area contributed by atoms with E-state index in [0.29, 0.717) is 0 Å². The smallest absolute Gasteiger partial charge is 0.0572 e. The summed E-state index contributed by atoms with van der Waals surface area (Å²) in [7, 11) is 1.64. The molecule has 1 aromatic carbocycles. The molecule has 0 aliphatic heterocycles. The first-order valence-corrected chi connectivity index (χ1v) is 5.34. The van der Waals surface area contributed by atoms with Crippen LogP contribution in [0.15, 0.2) is 24.3 Å². The second kappa shape index (κ2) is 4.77. The zero-order chi connectivity index (χ0) is 11.5. The summed E-state index contributed by atoms with van der Waals surface area (Å²) < 4.78 is 0. The molecule has 1 unspecified atom stereocenters. The van der Waals surface area contributed by atoms with Crippen molar-refractivity contribution in [2.24, 2.45) is 0 Å². The minimum Gasteiger partial charge on any atom is -0.305 e. The number of hydroxylamine groups is 1. The van der Waals surface area contributed by atoms with Crippen LogP contribution in [0.3, 0.4) is 0 Å². The summed E-state index contributed by atoms with van der Waals surface area (Å²) in [4.78, 5) is 4.91. The molecule has 1 aromatic rings. The fourth-order valence-electron chi connectivity index (χ4n) is 1.52. The average Bonchev–Trinajstić information content (AvgIpc) is 2.17. The van der Waals surface area contributed by atoms with Gasteiger partial charge in [-0.15, -0.1) is 0 Å². The van der Waals surface area contributed by atoms with Crippen LogP contribution in [0, 0.1) is 0 Å². The molecular weight excluding hydrogens is 186 g/mol. The first-order valence-electron chi connectivity index (χ1n) is 5.34. The van der Waals surface area contributed by atoms with Crippen LogP contribution in [-0.2, 0) is 10.3 Å². The summed E-state index contributed by atoms with van der Waals surface area (Å²) in [5.74, 6) is 0. The summed E-state index contributed by atoms with van der Waals surface area (Å²) in [6.45, 7) is 8.74. The summed E-state index contributed by atoms with van der Waals surface area (Å²) in [5, 5.41) is 0. The minimum absolute atomic E-state index is 0.219. The van der Waals surface area contributed by atoms with Gasteiger partial charge in [0.25, 0.3) is 0 Å². The molecule has 0 amide bonds. The topological polar surface area (TPSA) is 21.3 Å². The molecule has 0 bridgehead atoms. The second-order valence-corrected chi connectivity index (χ2v) is 4.92. The maximum absolute atomic E-state index is 4.91. The van der Waals surface area contributed by atoms with E-state index in [1.54, 1.807) is 7.11 Å². The molecule has 1 rings (SSSR count). The van der Waals surface area contributed by atoms with E-state index >= 15 is 0 Å². The summed E-state index contributed by atoms with van der Waals surface area (Å²) >= 11 is 0. The van der Waals surface area contributed by atoms with Crippen molar-refractivity contribution in [3.05, 3.63) is 35.4 Å². The van der Waals surface area contributed by atoms with Gasteiger partial charge in [0.05, 0.1) is 13.2 Å². The lowest BCUT2D eigenvalue weighted by Crippen LogP contribution is -2.17. The Balaban J connectivity index is 2.81. The Bertz CT molecular complexity index is 297. The standard InChI is InChI=1S/C13H21NO/c1-10(14-15-5)11-6-8-12(9-7-11)13(2,3)4/h6-10,14H,1-5H3. The number of nitrogens with one attached hydrogen (secondary N) is 1. The highest BCUT2D eigenvalue weighted by Gasteiger charge is 2.13. The molecule has 0 spiro atoms. The molecule has 0 radical (unpaired) electrons. The molecule has 0 fully saturated rings. The first kappa shape index (κ1) is 12.2. The lowest BCUT2D eigenvalue weighted by atomic mass is 9.86. The van der Waals surface area contributed by atoms with E-state index in [2.05, 4.69) is 57.4 Å². The van der Waals surface area contributed by atoms with Crippen molar-refractivity contribution in [1.82, 2.24) is 5.48 Å². The molecule has 0 saturated carbocycles. The number of hydrogen-bond donors (Lipinski definition) is 1. The molecule has 1 atom stereocenters. The Morgan fingerprint density at radius 1 is 1.13 bits per heavy atom. The van der Waals surface area contributed by atoms with Crippen LogP contribution >= 0.6 is 0 Å². The maximum atomic E-state index is 4.91. The summed E-state index contributed by atoms with van der Waals surface area (Å²) in [6, 6.07) is 8.89. The van der Waals surface area contributed by atoms with E-state index in [-0.39, 0.29) is 11.5 Å². The quantitative estimate of drug-likeness (QED) is 0.768. The van der Waals surface area contributed by atoms with Gasteiger partial charge < -0.3 is 4.84 Å². The van der Waals surface area contributed by atoms with Crippen molar-refractivity contribution in [3.8, 4) is 0 Å². The van der Waals surface area contributed by atoms with E-state index in [1.165, 1.54) is 11.1 Å². The molecule has 0 saturated heterocycles. The van der Waals surface area contributed by atoms with Gasteiger partial charge in [-0.1, -0.05) is 45.0 Å². The molecule has 0 aliphatic carbocycles. The zero-order valence-electron chi connectivity index (χ0n) is 10.3. The molecule has 0 heterocycles. The van der Waals surface area contributed by atoms with E-state index < -0.39 is 0 Å². The van der Waals surface area contributed by atoms with Crippen molar-refractivity contribution in [3.63, 3.8) is 0 Å². The van der Waals surface area contributed by atoms with Gasteiger partial charge >= 0.3 is 0 Å². The molecule has 84 valence electrons. The third-order valence-corrected chi connectivity index (χ3v) is 2.57. The van der Waals surface area contributed by atoms with E-state index in [1.807, 2.05) is 0 Å². The van der Waals surface area contributed by atoms with Gasteiger partial charge in [0.1, 0.15) is 0 Å². The highest BCUT2D eigenvalue weighted by atomic mass is 16.6. The van der Waals surface area contributed by atoms with Crippen LogP contribution in [0.4, 0.5) is 0 Å². The maximum Gasteiger partial charge on any atom is 0.0572 e. The summed E-state index contributed by atoms with van der Waals surface area (Å²) in [6.07, 6.45) is 0. The van der Waals surface area contributed by atoms with Gasteiger partial charge in [-0.3, -0.25) is 0 Å². The van der Waals surface area contributed by atoms with Gasteiger partial charge in [-0.05, 0) is 23.5 Å². The Labute approximate surface area is 92.6 Å². The Hall–Kier alpha value is -0.860. The molecule has 2 nitrogen and oxygen atoms in total. The van der Waals surface area contributed by atoms with Crippen molar-refractivity contribution < 1.29 is 4.84 Å². The van der Waals surface area contributed by atoms with Crippen LogP contribution < -0.4 is 5.48 Å². The SMILES string of the molecule is CONC(C)c1ccc(C(C)(C)C)cc1. The highest BCUT2D eigenvalue weighted by molar-refractivity contribution is 5.28. The first-order chi connectivity index (χ1) is 6.95. The van der Waals surface area contributed by atoms with Crippen molar-refractivity contribution in [1.29, 1.82) is 0 Å². The van der Waals surface area contributed by atoms with Crippen molar-refractivity contribution in [2.45, 2.75) is 39.2 Å². The minimum atomic E-state index is 0.219. The van der Waals surface area contributed by atoms with Crippen molar-refractivity contribution in [2.75, 3.05) is 7.11 Å². The van der Waals surface area contributed by atoms with Gasteiger partial charge in [0.15, 0.2) is 0 Å². The third kappa shape index (κ3) is 3.33. The number of rotatable bonds is 3. The van der Waals surface area contributed by atoms with E-state index in [4.69, 9.17) is 4.84 Å². The Morgan fingerprint density at radius 2 is 1.67 bits per heavy atom. The molecule has 2 heteroatoms. The van der Waals surface area contributed by atoms with Gasteiger partial charge in [-0.25, -0.2) is 0 Å². The Morgan fingerprint density at radius 3 is 2.07 bits per heavy atom. The monoisotopic (exact) mass is 207 g/mol. The van der Waals surface area contributed by atoms with E-state index in [0.717, 1.165) is 0 Å². The van der Waals surface area contributed by atoms with Crippen LogP contribution in [0.25, 0.3) is 0 Å². The molecule has 1 N–H and O–H groups in total. The van der Waals surface area contributed by atoms with Gasteiger partial charge in [-0.2, -0.15) is 5.48 Å². The van der Waals surface area contributed by atoms with Crippen LogP contribution in [-0.4, -0.2) is 7.11 Å². The molecule has 0 aliphatic rings. The van der Waals surface area contributed by atoms with Gasteiger partial charge in [0.2, 0.25) is 0 Å². The van der Waals surface area contributed by atoms with Gasteiger partial charge in [0, 0.05) is 0 Å². The lowest BCUT2D eigenvalue weighted by Gasteiger charge is -2.20. The lowest BCUT2D eigenvalue weighted by molar-refractivity contribution is 0.0659. The molecular formula is C13H21NO. The predicted octanol–water partition coefficient (Wildman–Crippen LogP) is 3.20. The van der Waals surface area contributed by atoms with Crippen LogP contribution in [0.2, 0.25) is 0 Å². The van der Waals surface area contributed by atoms with Crippen molar-refractivity contribution >= 4 is 0 Å². The fourth-order valence-corrected chi connectivity index (χ4v) is 1.52. The average molecular weight is 207 g/mol. The molecule has 0 aromatic heterocycles. The second-order valence-electron chi connectivity index (χ2n) is 4.92. The number of benzene rings is 1. The third-order valence-electron chi connectivity index (χ3n) is 2.57. The number of hydrogen-bond acceptors (Lipinski definition) is 2. The largest absolute Gasteiger partial charge is 0.305 e. The summed E-state index contributed by atoms with van der Waals surface area (Å²) in [5.41, 5.74) is 5.74.